The average Bonchev–Trinajstić information content (AvgIpc) is 2.91. The molecule has 1 saturated heterocycles. The van der Waals surface area contributed by atoms with Crippen molar-refractivity contribution in [3.63, 3.8) is 0 Å². The van der Waals surface area contributed by atoms with Gasteiger partial charge in [-0.05, 0) is 61.4 Å². The second kappa shape index (κ2) is 8.22. The molecule has 0 saturated carbocycles. The summed E-state index contributed by atoms with van der Waals surface area (Å²) in [7, 11) is -3.65. The number of nitrogens with one attached hydrogen (secondary N) is 1. The zero-order valence-corrected chi connectivity index (χ0v) is 16.7. The fraction of sp³-hybridized carbons (Fsp3) is 0.316. The Labute approximate surface area is 162 Å². The van der Waals surface area contributed by atoms with E-state index in [0.29, 0.717) is 11.3 Å². The van der Waals surface area contributed by atoms with Gasteiger partial charge < -0.3 is 4.90 Å². The smallest absolute Gasteiger partial charge is 0.261 e. The number of likely N-dealkylation sites (tertiary alicyclic amines) is 1. The number of amides is 1. The summed E-state index contributed by atoms with van der Waals surface area (Å²) in [5, 5.41) is 0. The molecule has 1 heterocycles. The van der Waals surface area contributed by atoms with Crippen molar-refractivity contribution in [2.24, 2.45) is 0 Å². The minimum atomic E-state index is -3.65. The second-order valence-electron chi connectivity index (χ2n) is 6.34. The molecule has 0 bridgehead atoms. The first-order valence-corrected chi connectivity index (χ1v) is 10.9. The highest BCUT2D eigenvalue weighted by atomic mass is 79.9. The van der Waals surface area contributed by atoms with Gasteiger partial charge in [0.25, 0.3) is 15.9 Å². The number of benzene rings is 2. The van der Waals surface area contributed by atoms with Gasteiger partial charge in [0, 0.05) is 28.8 Å². The van der Waals surface area contributed by atoms with E-state index in [-0.39, 0.29) is 10.8 Å². The number of anilines is 1. The number of carbonyl (C=O) groups is 1. The Morgan fingerprint density at radius 3 is 2.04 bits per heavy atom. The van der Waals surface area contributed by atoms with Gasteiger partial charge in [-0.3, -0.25) is 9.52 Å². The van der Waals surface area contributed by atoms with Crippen LogP contribution in [0.3, 0.4) is 0 Å². The van der Waals surface area contributed by atoms with Crippen molar-refractivity contribution in [2.75, 3.05) is 17.8 Å². The number of rotatable bonds is 4. The predicted octanol–water partition coefficient (Wildman–Crippen LogP) is 4.27. The number of hydrogen-bond acceptors (Lipinski definition) is 3. The van der Waals surface area contributed by atoms with Gasteiger partial charge >= 0.3 is 0 Å². The van der Waals surface area contributed by atoms with E-state index >= 15 is 0 Å². The molecule has 1 aliphatic rings. The van der Waals surface area contributed by atoms with Crippen LogP contribution >= 0.6 is 15.9 Å². The zero-order chi connectivity index (χ0) is 18.6. The van der Waals surface area contributed by atoms with E-state index in [4.69, 9.17) is 0 Å². The molecule has 2 aromatic carbocycles. The van der Waals surface area contributed by atoms with Crippen LogP contribution in [0, 0.1) is 0 Å². The molecule has 7 heteroatoms. The van der Waals surface area contributed by atoms with E-state index in [0.717, 1.165) is 30.4 Å². The zero-order valence-electron chi connectivity index (χ0n) is 14.3. The molecular weight excluding hydrogens is 416 g/mol. The molecule has 5 nitrogen and oxygen atoms in total. The Bertz CT molecular complexity index is 857. The first kappa shape index (κ1) is 18.9. The van der Waals surface area contributed by atoms with Crippen LogP contribution in [0.5, 0.6) is 0 Å². The highest BCUT2D eigenvalue weighted by molar-refractivity contribution is 9.10. The van der Waals surface area contributed by atoms with Gasteiger partial charge in [0.2, 0.25) is 0 Å². The maximum atomic E-state index is 12.6. The van der Waals surface area contributed by atoms with Gasteiger partial charge in [-0.2, -0.15) is 0 Å². The summed E-state index contributed by atoms with van der Waals surface area (Å²) < 4.78 is 28.2. The average molecular weight is 437 g/mol. The lowest BCUT2D eigenvalue weighted by Crippen LogP contribution is -2.31. The van der Waals surface area contributed by atoms with E-state index in [2.05, 4.69) is 20.7 Å². The molecule has 1 amide bonds. The van der Waals surface area contributed by atoms with Crippen LogP contribution in [0.25, 0.3) is 0 Å². The summed E-state index contributed by atoms with van der Waals surface area (Å²) in [6, 6.07) is 13.0. The summed E-state index contributed by atoms with van der Waals surface area (Å²) >= 11 is 3.29. The highest BCUT2D eigenvalue weighted by Crippen LogP contribution is 2.20. The van der Waals surface area contributed by atoms with Crippen molar-refractivity contribution < 1.29 is 13.2 Å². The van der Waals surface area contributed by atoms with Crippen LogP contribution in [0.2, 0.25) is 0 Å². The van der Waals surface area contributed by atoms with Crippen LogP contribution < -0.4 is 4.72 Å². The number of hydrogen-bond donors (Lipinski definition) is 1. The molecule has 1 fully saturated rings. The number of sulfonamides is 1. The maximum absolute atomic E-state index is 12.6. The first-order chi connectivity index (χ1) is 12.5. The van der Waals surface area contributed by atoms with Crippen molar-refractivity contribution in [3.8, 4) is 0 Å². The van der Waals surface area contributed by atoms with Gasteiger partial charge in [0.05, 0.1) is 4.90 Å². The SMILES string of the molecule is O=C(c1ccc(NS(=O)(=O)c2ccc(Br)cc2)cc1)N1CCCCCC1. The van der Waals surface area contributed by atoms with Gasteiger partial charge in [-0.1, -0.05) is 28.8 Å². The fourth-order valence-electron chi connectivity index (χ4n) is 2.97. The van der Waals surface area contributed by atoms with Crippen molar-refractivity contribution in [3.05, 3.63) is 58.6 Å². The second-order valence-corrected chi connectivity index (χ2v) is 8.94. The van der Waals surface area contributed by atoms with Crippen molar-refractivity contribution in [1.29, 1.82) is 0 Å². The van der Waals surface area contributed by atoms with Crippen LogP contribution in [0.4, 0.5) is 5.69 Å². The number of carbonyl (C=O) groups excluding carboxylic acids is 1. The highest BCUT2D eigenvalue weighted by Gasteiger charge is 2.18. The lowest BCUT2D eigenvalue weighted by Gasteiger charge is -2.20. The molecule has 0 radical (unpaired) electrons. The largest absolute Gasteiger partial charge is 0.339 e. The van der Waals surface area contributed by atoms with Crippen LogP contribution in [-0.4, -0.2) is 32.3 Å². The van der Waals surface area contributed by atoms with Crippen LogP contribution in [0.15, 0.2) is 57.9 Å². The fourth-order valence-corrected chi connectivity index (χ4v) is 4.29. The molecule has 1 aliphatic heterocycles. The monoisotopic (exact) mass is 436 g/mol. The molecule has 3 rings (SSSR count). The molecule has 26 heavy (non-hydrogen) atoms. The number of halogens is 1. The molecule has 0 aliphatic carbocycles. The number of nitrogens with zero attached hydrogens (tertiary/aromatic N) is 1. The molecule has 2 aromatic rings. The van der Waals surface area contributed by atoms with Gasteiger partial charge in [-0.25, -0.2) is 8.42 Å². The first-order valence-electron chi connectivity index (χ1n) is 8.63. The molecule has 0 aromatic heterocycles. The minimum absolute atomic E-state index is 0.00853. The third-order valence-corrected chi connectivity index (χ3v) is 6.33. The van der Waals surface area contributed by atoms with E-state index < -0.39 is 10.0 Å². The van der Waals surface area contributed by atoms with Crippen molar-refractivity contribution >= 4 is 37.5 Å². The molecule has 0 spiro atoms. The molecular formula is C19H21BrN2O3S. The van der Waals surface area contributed by atoms with Crippen molar-refractivity contribution in [2.45, 2.75) is 30.6 Å². The normalized spacial score (nSPS) is 15.3. The minimum Gasteiger partial charge on any atom is -0.339 e. The van der Waals surface area contributed by atoms with E-state index in [9.17, 15) is 13.2 Å². The van der Waals surface area contributed by atoms with E-state index in [1.807, 2.05) is 4.90 Å². The standard InChI is InChI=1S/C19H21BrN2O3S/c20-16-7-11-18(12-8-16)26(24,25)21-17-9-5-15(6-10-17)19(23)22-13-3-1-2-4-14-22/h5-12,21H,1-4,13-14H2. The molecule has 138 valence electrons. The van der Waals surface area contributed by atoms with Gasteiger partial charge in [-0.15, -0.1) is 0 Å². The third-order valence-electron chi connectivity index (χ3n) is 4.40. The summed E-state index contributed by atoms with van der Waals surface area (Å²) in [6.45, 7) is 1.58. The van der Waals surface area contributed by atoms with Gasteiger partial charge in [0.15, 0.2) is 0 Å². The Balaban J connectivity index is 1.71. The third kappa shape index (κ3) is 4.65. The summed E-state index contributed by atoms with van der Waals surface area (Å²) in [5.41, 5.74) is 1.01. The Morgan fingerprint density at radius 2 is 1.46 bits per heavy atom. The van der Waals surface area contributed by atoms with Crippen LogP contribution in [0.1, 0.15) is 36.0 Å². The van der Waals surface area contributed by atoms with E-state index in [1.54, 1.807) is 36.4 Å². The quantitative estimate of drug-likeness (QED) is 0.777. The molecule has 1 N–H and O–H groups in total. The lowest BCUT2D eigenvalue weighted by molar-refractivity contribution is 0.0761. The Morgan fingerprint density at radius 1 is 0.885 bits per heavy atom. The summed E-state index contributed by atoms with van der Waals surface area (Å²) in [6.07, 6.45) is 4.41. The molecule has 0 atom stereocenters. The van der Waals surface area contributed by atoms with Gasteiger partial charge in [0.1, 0.15) is 0 Å². The summed E-state index contributed by atoms with van der Waals surface area (Å²) in [4.78, 5) is 14.7. The van der Waals surface area contributed by atoms with Crippen LogP contribution in [-0.2, 0) is 10.0 Å². The summed E-state index contributed by atoms with van der Waals surface area (Å²) in [5.74, 6) is 0.00853. The van der Waals surface area contributed by atoms with Crippen molar-refractivity contribution in [1.82, 2.24) is 4.90 Å². The van der Waals surface area contributed by atoms with E-state index in [1.165, 1.54) is 25.0 Å². The predicted molar refractivity (Wildman–Crippen MR) is 106 cm³/mol. The molecule has 0 unspecified atom stereocenters. The topological polar surface area (TPSA) is 66.5 Å². The Kier molecular flexibility index (Phi) is 5.98. The Hall–Kier alpha value is -1.86. The maximum Gasteiger partial charge on any atom is 0.261 e. The lowest BCUT2D eigenvalue weighted by atomic mass is 10.2.